The molecule has 0 spiro atoms. The van der Waals surface area contributed by atoms with Crippen molar-refractivity contribution in [2.45, 2.75) is 25.9 Å². The van der Waals surface area contributed by atoms with Gasteiger partial charge in [0, 0.05) is 25.7 Å². The van der Waals surface area contributed by atoms with E-state index in [-0.39, 0.29) is 6.04 Å². The summed E-state index contributed by atoms with van der Waals surface area (Å²) in [7, 11) is 5.96. The number of nitrogens with zero attached hydrogens (tertiary/aromatic N) is 2. The molecule has 0 aromatic carbocycles. The zero-order valence-electron chi connectivity index (χ0n) is 11.0. The Morgan fingerprint density at radius 1 is 1.25 bits per heavy atom. The Kier molecular flexibility index (Phi) is 7.29. The van der Waals surface area contributed by atoms with Crippen LogP contribution >= 0.6 is 0 Å². The third-order valence-corrected chi connectivity index (χ3v) is 2.26. The van der Waals surface area contributed by atoms with Crippen molar-refractivity contribution < 1.29 is 9.90 Å². The maximum Gasteiger partial charge on any atom is 0.322 e. The molecule has 1 unspecified atom stereocenters. The van der Waals surface area contributed by atoms with Crippen LogP contribution in [0.15, 0.2) is 0 Å². The van der Waals surface area contributed by atoms with E-state index in [4.69, 9.17) is 5.11 Å². The lowest BCUT2D eigenvalue weighted by atomic mass is 10.2. The molecule has 0 bridgehead atoms. The van der Waals surface area contributed by atoms with E-state index in [1.807, 2.05) is 39.9 Å². The molecule has 0 aliphatic carbocycles. The molecule has 16 heavy (non-hydrogen) atoms. The van der Waals surface area contributed by atoms with Crippen molar-refractivity contribution >= 4 is 5.97 Å². The van der Waals surface area contributed by atoms with Gasteiger partial charge in [-0.2, -0.15) is 0 Å². The van der Waals surface area contributed by atoms with Crippen LogP contribution in [-0.4, -0.2) is 73.7 Å². The average Bonchev–Trinajstić information content (AvgIpc) is 2.12. The van der Waals surface area contributed by atoms with Crippen LogP contribution in [0.3, 0.4) is 0 Å². The van der Waals surface area contributed by atoms with Gasteiger partial charge in [-0.25, -0.2) is 0 Å². The second-order valence-corrected chi connectivity index (χ2v) is 4.78. The first-order valence-electron chi connectivity index (χ1n) is 5.65. The monoisotopic (exact) mass is 231 g/mol. The molecule has 0 rings (SSSR count). The van der Waals surface area contributed by atoms with Crippen LogP contribution in [0.25, 0.3) is 0 Å². The van der Waals surface area contributed by atoms with Gasteiger partial charge in [-0.15, -0.1) is 0 Å². The molecule has 0 saturated heterocycles. The van der Waals surface area contributed by atoms with E-state index in [2.05, 4.69) is 10.2 Å². The van der Waals surface area contributed by atoms with Gasteiger partial charge in [0.25, 0.3) is 0 Å². The van der Waals surface area contributed by atoms with Gasteiger partial charge >= 0.3 is 5.97 Å². The fourth-order valence-corrected chi connectivity index (χ4v) is 1.38. The third-order valence-electron chi connectivity index (χ3n) is 2.26. The summed E-state index contributed by atoms with van der Waals surface area (Å²) >= 11 is 0. The first kappa shape index (κ1) is 15.3. The van der Waals surface area contributed by atoms with E-state index in [9.17, 15) is 4.79 Å². The van der Waals surface area contributed by atoms with Gasteiger partial charge in [-0.3, -0.25) is 4.79 Å². The zero-order valence-corrected chi connectivity index (χ0v) is 11.0. The van der Waals surface area contributed by atoms with Crippen molar-refractivity contribution in [3.63, 3.8) is 0 Å². The number of rotatable bonds is 8. The van der Waals surface area contributed by atoms with Crippen molar-refractivity contribution in [2.75, 3.05) is 40.8 Å². The van der Waals surface area contributed by atoms with Crippen LogP contribution in [0, 0.1) is 0 Å². The van der Waals surface area contributed by atoms with E-state index in [0.29, 0.717) is 6.54 Å². The Labute approximate surface area is 98.4 Å². The standard InChI is InChI=1S/C11H25N3O2/c1-9(2)12-10(11(15)16)8-14(5)7-6-13(3)4/h9-10,12H,6-8H2,1-5H3,(H,15,16). The Morgan fingerprint density at radius 3 is 2.19 bits per heavy atom. The minimum Gasteiger partial charge on any atom is -0.480 e. The fraction of sp³-hybridized carbons (Fsp3) is 0.909. The maximum atomic E-state index is 11.0. The van der Waals surface area contributed by atoms with Gasteiger partial charge in [0.2, 0.25) is 0 Å². The highest BCUT2D eigenvalue weighted by atomic mass is 16.4. The van der Waals surface area contributed by atoms with Gasteiger partial charge in [-0.1, -0.05) is 13.8 Å². The van der Waals surface area contributed by atoms with Crippen molar-refractivity contribution in [1.29, 1.82) is 0 Å². The van der Waals surface area contributed by atoms with Crippen molar-refractivity contribution in [3.05, 3.63) is 0 Å². The number of hydrogen-bond acceptors (Lipinski definition) is 4. The van der Waals surface area contributed by atoms with Crippen molar-refractivity contribution in [3.8, 4) is 0 Å². The van der Waals surface area contributed by atoms with Crippen LogP contribution < -0.4 is 5.32 Å². The van der Waals surface area contributed by atoms with Gasteiger partial charge in [0.05, 0.1) is 0 Å². The SMILES string of the molecule is CC(C)NC(CN(C)CCN(C)C)C(=O)O. The second-order valence-electron chi connectivity index (χ2n) is 4.78. The quantitative estimate of drug-likeness (QED) is 0.612. The Balaban J connectivity index is 4.03. The van der Waals surface area contributed by atoms with Crippen LogP contribution in [-0.2, 0) is 4.79 Å². The lowest BCUT2D eigenvalue weighted by Gasteiger charge is -2.24. The molecule has 0 fully saturated rings. The molecule has 0 aromatic heterocycles. The normalized spacial score (nSPS) is 13.8. The van der Waals surface area contributed by atoms with E-state index >= 15 is 0 Å². The molecule has 0 aliphatic rings. The fourth-order valence-electron chi connectivity index (χ4n) is 1.38. The third kappa shape index (κ3) is 7.62. The van der Waals surface area contributed by atoms with Crippen molar-refractivity contribution in [2.24, 2.45) is 0 Å². The molecule has 0 saturated carbocycles. The molecule has 1 atom stereocenters. The van der Waals surface area contributed by atoms with E-state index < -0.39 is 12.0 Å². The number of likely N-dealkylation sites (N-methyl/N-ethyl adjacent to an activating group) is 2. The zero-order chi connectivity index (χ0) is 12.7. The molecular formula is C11H25N3O2. The highest BCUT2D eigenvalue weighted by Gasteiger charge is 2.19. The molecule has 0 amide bonds. The first-order valence-corrected chi connectivity index (χ1v) is 5.65. The van der Waals surface area contributed by atoms with Crippen LogP contribution in [0.5, 0.6) is 0 Å². The molecule has 2 N–H and O–H groups in total. The number of nitrogens with one attached hydrogen (secondary N) is 1. The predicted molar refractivity (Wildman–Crippen MR) is 65.7 cm³/mol. The predicted octanol–water partition coefficient (Wildman–Crippen LogP) is -0.0690. The van der Waals surface area contributed by atoms with E-state index in [1.54, 1.807) is 0 Å². The largest absolute Gasteiger partial charge is 0.480 e. The minimum atomic E-state index is -0.787. The first-order chi connectivity index (χ1) is 7.32. The number of aliphatic carboxylic acids is 1. The summed E-state index contributed by atoms with van der Waals surface area (Å²) in [5, 5.41) is 12.1. The molecule has 0 heterocycles. The average molecular weight is 231 g/mol. The number of carboxylic acids is 1. The maximum absolute atomic E-state index is 11.0. The second kappa shape index (κ2) is 7.60. The molecule has 5 nitrogen and oxygen atoms in total. The van der Waals surface area contributed by atoms with Crippen molar-refractivity contribution in [1.82, 2.24) is 15.1 Å². The Morgan fingerprint density at radius 2 is 1.81 bits per heavy atom. The number of carbonyl (C=O) groups is 1. The summed E-state index contributed by atoms with van der Waals surface area (Å²) in [6.07, 6.45) is 0. The van der Waals surface area contributed by atoms with E-state index in [1.165, 1.54) is 0 Å². The topological polar surface area (TPSA) is 55.8 Å². The van der Waals surface area contributed by atoms with Gasteiger partial charge in [-0.05, 0) is 21.1 Å². The smallest absolute Gasteiger partial charge is 0.322 e. The molecular weight excluding hydrogens is 206 g/mol. The Hall–Kier alpha value is -0.650. The molecule has 0 radical (unpaired) electrons. The summed E-state index contributed by atoms with van der Waals surface area (Å²) < 4.78 is 0. The van der Waals surface area contributed by atoms with Gasteiger partial charge in [0.15, 0.2) is 0 Å². The van der Waals surface area contributed by atoms with Crippen LogP contribution in [0.4, 0.5) is 0 Å². The minimum absolute atomic E-state index is 0.184. The van der Waals surface area contributed by atoms with Gasteiger partial charge < -0.3 is 20.2 Å². The van der Waals surface area contributed by atoms with Crippen LogP contribution in [0.1, 0.15) is 13.8 Å². The summed E-state index contributed by atoms with van der Waals surface area (Å²) in [4.78, 5) is 15.1. The molecule has 0 aromatic rings. The molecule has 0 aliphatic heterocycles. The summed E-state index contributed by atoms with van der Waals surface area (Å²) in [6, 6.07) is -0.310. The molecule has 96 valence electrons. The highest BCUT2D eigenvalue weighted by molar-refractivity contribution is 5.73. The lowest BCUT2D eigenvalue weighted by Crippen LogP contribution is -2.48. The highest BCUT2D eigenvalue weighted by Crippen LogP contribution is 1.93. The molecule has 5 heteroatoms. The number of hydrogen-bond donors (Lipinski definition) is 2. The Bertz CT molecular complexity index is 207. The summed E-state index contributed by atoms with van der Waals surface area (Å²) in [6.45, 7) is 6.24. The van der Waals surface area contributed by atoms with Crippen LogP contribution in [0.2, 0.25) is 0 Å². The number of carboxylic acid groups (broad SMARTS) is 1. The van der Waals surface area contributed by atoms with Gasteiger partial charge in [0.1, 0.15) is 6.04 Å². The van der Waals surface area contributed by atoms with E-state index in [0.717, 1.165) is 13.1 Å². The summed E-state index contributed by atoms with van der Waals surface area (Å²) in [5.41, 5.74) is 0. The summed E-state index contributed by atoms with van der Waals surface area (Å²) in [5.74, 6) is -0.787. The lowest BCUT2D eigenvalue weighted by molar-refractivity contribution is -0.140.